The van der Waals surface area contributed by atoms with E-state index in [1.807, 2.05) is 31.2 Å². The van der Waals surface area contributed by atoms with E-state index in [1.165, 1.54) is 11.3 Å². The third-order valence-corrected chi connectivity index (χ3v) is 8.12. The minimum absolute atomic E-state index is 0.144. The molecule has 0 aliphatic rings. The van der Waals surface area contributed by atoms with E-state index in [2.05, 4.69) is 26.0 Å². The molecule has 35 heavy (non-hydrogen) atoms. The van der Waals surface area contributed by atoms with Crippen molar-refractivity contribution >= 4 is 54.2 Å². The van der Waals surface area contributed by atoms with Crippen LogP contribution < -0.4 is 10.0 Å². The Morgan fingerprint density at radius 3 is 2.29 bits per heavy atom. The van der Waals surface area contributed by atoms with Crippen LogP contribution in [0.2, 0.25) is 0 Å². The van der Waals surface area contributed by atoms with Crippen LogP contribution in [0, 0.1) is 12.7 Å². The summed E-state index contributed by atoms with van der Waals surface area (Å²) in [7, 11) is -4.08. The number of aryl methyl sites for hydroxylation is 1. The summed E-state index contributed by atoms with van der Waals surface area (Å²) in [5.41, 5.74) is 1.62. The first-order valence-electron chi connectivity index (χ1n) is 10.7. The summed E-state index contributed by atoms with van der Waals surface area (Å²) < 4.78 is 47.1. The lowest BCUT2D eigenvalue weighted by Gasteiger charge is -2.17. The van der Waals surface area contributed by atoms with Gasteiger partial charge in [-0.2, -0.15) is 4.72 Å². The van der Waals surface area contributed by atoms with Gasteiger partial charge >= 0.3 is 5.97 Å². The van der Waals surface area contributed by atoms with Gasteiger partial charge in [-0.05, 0) is 62.2 Å². The molecule has 0 aliphatic carbocycles. The first-order valence-corrected chi connectivity index (χ1v) is 13.8. The van der Waals surface area contributed by atoms with Crippen LogP contribution in [-0.2, 0) is 19.6 Å². The van der Waals surface area contributed by atoms with Crippen molar-refractivity contribution < 1.29 is 27.1 Å². The van der Waals surface area contributed by atoms with E-state index in [-0.39, 0.29) is 28.5 Å². The molecule has 186 valence electrons. The van der Waals surface area contributed by atoms with Crippen molar-refractivity contribution in [2.75, 3.05) is 11.9 Å². The molecule has 3 aromatic rings. The number of rotatable bonds is 9. The van der Waals surface area contributed by atoms with Crippen LogP contribution >= 0.6 is 27.3 Å². The smallest absolute Gasteiger partial charge is 0.341 e. The average molecular weight is 584 g/mol. The van der Waals surface area contributed by atoms with E-state index in [4.69, 9.17) is 4.74 Å². The number of nitrogens with one attached hydrogen (secondary N) is 2. The number of esters is 1. The number of carbonyl (C=O) groups excluding carboxylic acids is 2. The highest BCUT2D eigenvalue weighted by Gasteiger charge is 2.29. The molecule has 0 fully saturated rings. The molecule has 7 nitrogen and oxygen atoms in total. The van der Waals surface area contributed by atoms with E-state index in [1.54, 1.807) is 13.8 Å². The molecular formula is C24H24BrFN2O5S2. The summed E-state index contributed by atoms with van der Waals surface area (Å²) >= 11 is 4.60. The van der Waals surface area contributed by atoms with Crippen molar-refractivity contribution in [2.45, 2.75) is 38.1 Å². The van der Waals surface area contributed by atoms with Crippen LogP contribution in [0.3, 0.4) is 0 Å². The van der Waals surface area contributed by atoms with Crippen molar-refractivity contribution in [1.29, 1.82) is 0 Å². The van der Waals surface area contributed by atoms with Crippen molar-refractivity contribution in [3.63, 3.8) is 0 Å². The van der Waals surface area contributed by atoms with Gasteiger partial charge in [-0.1, -0.05) is 35.0 Å². The minimum atomic E-state index is -4.08. The van der Waals surface area contributed by atoms with Gasteiger partial charge in [0, 0.05) is 14.9 Å². The predicted octanol–water partition coefficient (Wildman–Crippen LogP) is 5.50. The Balaban J connectivity index is 1.93. The fourth-order valence-electron chi connectivity index (χ4n) is 3.39. The van der Waals surface area contributed by atoms with Crippen LogP contribution in [-0.4, -0.2) is 32.9 Å². The molecule has 2 N–H and O–H groups in total. The van der Waals surface area contributed by atoms with Gasteiger partial charge in [0.2, 0.25) is 15.9 Å². The number of sulfonamides is 1. The van der Waals surface area contributed by atoms with Gasteiger partial charge in [-0.3, -0.25) is 4.79 Å². The van der Waals surface area contributed by atoms with Crippen molar-refractivity contribution in [2.24, 2.45) is 0 Å². The van der Waals surface area contributed by atoms with Gasteiger partial charge in [-0.25, -0.2) is 17.6 Å². The van der Waals surface area contributed by atoms with Gasteiger partial charge in [0.25, 0.3) is 0 Å². The molecule has 1 unspecified atom stereocenters. The molecule has 0 saturated carbocycles. The van der Waals surface area contributed by atoms with Crippen molar-refractivity contribution in [3.05, 3.63) is 69.3 Å². The van der Waals surface area contributed by atoms with Crippen LogP contribution in [0.15, 0.2) is 57.9 Å². The standard InChI is InChI=1S/C24H24BrFN2O5S2/c1-4-19(28-35(31,32)18-12-10-17(26)11-13-18)22(29)27-23-21(24(30)33-5-2)20(14(3)34-23)15-6-8-16(25)9-7-15/h6-13,19,28H,4-5H2,1-3H3,(H,27,29). The first-order chi connectivity index (χ1) is 16.6. The number of amides is 1. The van der Waals surface area contributed by atoms with Crippen molar-refractivity contribution in [3.8, 4) is 11.1 Å². The third kappa shape index (κ3) is 6.35. The Morgan fingerprint density at radius 1 is 1.09 bits per heavy atom. The summed E-state index contributed by atoms with van der Waals surface area (Å²) in [6.45, 7) is 5.31. The Hall–Kier alpha value is -2.60. The molecule has 2 aromatic carbocycles. The quantitative estimate of drug-likeness (QED) is 0.324. The lowest BCUT2D eigenvalue weighted by molar-refractivity contribution is -0.117. The van der Waals surface area contributed by atoms with E-state index in [0.29, 0.717) is 5.56 Å². The number of halogens is 2. The van der Waals surface area contributed by atoms with Gasteiger partial charge in [0.1, 0.15) is 22.4 Å². The molecule has 0 spiro atoms. The molecule has 0 aliphatic heterocycles. The Kier molecular flexibility index (Phi) is 8.81. The highest BCUT2D eigenvalue weighted by Crippen LogP contribution is 2.40. The van der Waals surface area contributed by atoms with Gasteiger partial charge in [0.05, 0.1) is 11.5 Å². The van der Waals surface area contributed by atoms with Crippen LogP contribution in [0.1, 0.15) is 35.5 Å². The zero-order chi connectivity index (χ0) is 25.8. The number of ether oxygens (including phenoxy) is 1. The maximum absolute atomic E-state index is 13.2. The van der Waals surface area contributed by atoms with Gasteiger partial charge in [-0.15, -0.1) is 11.3 Å². The van der Waals surface area contributed by atoms with Crippen LogP contribution in [0.5, 0.6) is 0 Å². The van der Waals surface area contributed by atoms with Crippen molar-refractivity contribution in [1.82, 2.24) is 4.72 Å². The second kappa shape index (κ2) is 11.4. The summed E-state index contributed by atoms with van der Waals surface area (Å²) in [4.78, 5) is 26.6. The first kappa shape index (κ1) is 27.0. The normalized spacial score (nSPS) is 12.3. The van der Waals surface area contributed by atoms with E-state index in [0.717, 1.165) is 39.2 Å². The summed E-state index contributed by atoms with van der Waals surface area (Å²) in [5, 5.41) is 2.98. The molecule has 1 atom stereocenters. The Labute approximate surface area is 215 Å². The molecule has 0 bridgehead atoms. The number of anilines is 1. The summed E-state index contributed by atoms with van der Waals surface area (Å²) in [6.07, 6.45) is 0.144. The molecule has 0 saturated heterocycles. The highest BCUT2D eigenvalue weighted by molar-refractivity contribution is 9.10. The number of carbonyl (C=O) groups is 2. The van der Waals surface area contributed by atoms with Gasteiger partial charge in [0.15, 0.2) is 0 Å². The number of hydrogen-bond donors (Lipinski definition) is 2. The molecule has 3 rings (SSSR count). The molecule has 0 radical (unpaired) electrons. The van der Waals surface area contributed by atoms with E-state index in [9.17, 15) is 22.4 Å². The predicted molar refractivity (Wildman–Crippen MR) is 138 cm³/mol. The maximum Gasteiger partial charge on any atom is 0.341 e. The lowest BCUT2D eigenvalue weighted by Crippen LogP contribution is -2.43. The number of hydrogen-bond acceptors (Lipinski definition) is 6. The molecule has 1 heterocycles. The fourth-order valence-corrected chi connectivity index (χ4v) is 6.00. The lowest BCUT2D eigenvalue weighted by atomic mass is 10.0. The average Bonchev–Trinajstić information content (AvgIpc) is 3.13. The molecular weight excluding hydrogens is 559 g/mol. The number of benzene rings is 2. The second-order valence-electron chi connectivity index (χ2n) is 7.49. The van der Waals surface area contributed by atoms with E-state index >= 15 is 0 Å². The topological polar surface area (TPSA) is 102 Å². The van der Waals surface area contributed by atoms with Gasteiger partial charge < -0.3 is 10.1 Å². The van der Waals surface area contributed by atoms with Crippen LogP contribution in [0.25, 0.3) is 11.1 Å². The number of thiophene rings is 1. The monoisotopic (exact) mass is 582 g/mol. The van der Waals surface area contributed by atoms with Crippen LogP contribution in [0.4, 0.5) is 9.39 Å². The SMILES string of the molecule is CCOC(=O)c1c(NC(=O)C(CC)NS(=O)(=O)c2ccc(F)cc2)sc(C)c1-c1ccc(Br)cc1. The Morgan fingerprint density at radius 2 is 1.71 bits per heavy atom. The molecule has 11 heteroatoms. The Bertz CT molecular complexity index is 1320. The third-order valence-electron chi connectivity index (χ3n) is 5.08. The summed E-state index contributed by atoms with van der Waals surface area (Å²) in [5.74, 6) is -1.80. The molecule has 1 amide bonds. The fraction of sp³-hybridized carbons (Fsp3) is 0.250. The highest BCUT2D eigenvalue weighted by atomic mass is 79.9. The summed E-state index contributed by atoms with van der Waals surface area (Å²) in [6, 6.07) is 10.5. The largest absolute Gasteiger partial charge is 0.462 e. The molecule has 1 aromatic heterocycles. The second-order valence-corrected chi connectivity index (χ2v) is 11.3. The zero-order valence-electron chi connectivity index (χ0n) is 19.2. The van der Waals surface area contributed by atoms with E-state index < -0.39 is 33.8 Å². The zero-order valence-corrected chi connectivity index (χ0v) is 22.4. The minimum Gasteiger partial charge on any atom is -0.462 e. The maximum atomic E-state index is 13.2.